The number of anilines is 1. The van der Waals surface area contributed by atoms with Gasteiger partial charge in [0.25, 0.3) is 0 Å². The summed E-state index contributed by atoms with van der Waals surface area (Å²) >= 11 is 1.41. The smallest absolute Gasteiger partial charge is 0.237 e. The molecule has 0 unspecified atom stereocenters. The van der Waals surface area contributed by atoms with Crippen LogP contribution in [0.1, 0.15) is 5.89 Å². The summed E-state index contributed by atoms with van der Waals surface area (Å²) in [6, 6.07) is 14.3. The van der Waals surface area contributed by atoms with E-state index in [-0.39, 0.29) is 5.69 Å². The number of benzene rings is 2. The third-order valence-corrected chi connectivity index (χ3v) is 3.81. The van der Waals surface area contributed by atoms with Crippen LogP contribution in [0.25, 0.3) is 11.4 Å². The molecule has 1 aromatic heterocycles. The second-order valence-electron chi connectivity index (χ2n) is 4.35. The first-order valence-corrected chi connectivity index (χ1v) is 7.27. The van der Waals surface area contributed by atoms with Crippen molar-refractivity contribution in [3.8, 4) is 11.4 Å². The molecule has 0 amide bonds. The molecule has 1 heterocycles. The molecular formula is C15H12FN3OS. The van der Waals surface area contributed by atoms with Crippen LogP contribution in [0.3, 0.4) is 0 Å². The third kappa shape index (κ3) is 3.22. The van der Waals surface area contributed by atoms with E-state index in [4.69, 9.17) is 10.3 Å². The second kappa shape index (κ2) is 5.97. The maximum atomic E-state index is 13.3. The molecule has 0 bridgehead atoms. The predicted molar refractivity (Wildman–Crippen MR) is 80.1 cm³/mol. The van der Waals surface area contributed by atoms with E-state index in [1.807, 2.05) is 30.3 Å². The van der Waals surface area contributed by atoms with Gasteiger partial charge in [-0.05, 0) is 18.2 Å². The highest BCUT2D eigenvalue weighted by atomic mass is 32.2. The Labute approximate surface area is 125 Å². The Kier molecular flexibility index (Phi) is 3.87. The Bertz CT molecular complexity index is 746. The molecule has 0 atom stereocenters. The fourth-order valence-electron chi connectivity index (χ4n) is 1.76. The summed E-state index contributed by atoms with van der Waals surface area (Å²) in [5.74, 6) is 1.10. The molecular weight excluding hydrogens is 289 g/mol. The van der Waals surface area contributed by atoms with Gasteiger partial charge in [0.15, 0.2) is 0 Å². The molecule has 106 valence electrons. The number of thioether (sulfide) groups is 1. The van der Waals surface area contributed by atoms with E-state index in [9.17, 15) is 4.39 Å². The molecule has 2 aromatic carbocycles. The second-order valence-corrected chi connectivity index (χ2v) is 5.40. The Hall–Kier alpha value is -2.34. The Morgan fingerprint density at radius 3 is 2.71 bits per heavy atom. The Balaban J connectivity index is 1.69. The molecule has 0 fully saturated rings. The molecule has 3 rings (SSSR count). The minimum absolute atomic E-state index is 0.142. The van der Waals surface area contributed by atoms with Gasteiger partial charge in [-0.1, -0.05) is 35.5 Å². The monoisotopic (exact) mass is 301 g/mol. The number of nitrogens with two attached hydrogens (primary N) is 1. The molecule has 2 N–H and O–H groups in total. The van der Waals surface area contributed by atoms with Crippen LogP contribution in [-0.2, 0) is 5.75 Å². The third-order valence-electron chi connectivity index (χ3n) is 2.83. The van der Waals surface area contributed by atoms with Crippen LogP contribution in [0.4, 0.5) is 10.1 Å². The molecule has 3 aromatic rings. The number of aromatic nitrogens is 2. The molecule has 0 aliphatic heterocycles. The van der Waals surface area contributed by atoms with Crippen LogP contribution in [-0.4, -0.2) is 10.1 Å². The summed E-state index contributed by atoms with van der Waals surface area (Å²) in [7, 11) is 0. The van der Waals surface area contributed by atoms with Crippen molar-refractivity contribution < 1.29 is 8.91 Å². The van der Waals surface area contributed by atoms with Crippen LogP contribution in [0, 0.1) is 5.82 Å². The highest BCUT2D eigenvalue weighted by Gasteiger charge is 2.09. The van der Waals surface area contributed by atoms with Gasteiger partial charge in [-0.25, -0.2) is 4.39 Å². The summed E-state index contributed by atoms with van der Waals surface area (Å²) in [5, 5.41) is 3.94. The maximum Gasteiger partial charge on any atom is 0.237 e. The van der Waals surface area contributed by atoms with Crippen LogP contribution in [0.15, 0.2) is 57.9 Å². The fraction of sp³-hybridized carbons (Fsp3) is 0.0667. The number of rotatable bonds is 4. The van der Waals surface area contributed by atoms with Crippen LogP contribution >= 0.6 is 11.8 Å². The fourth-order valence-corrected chi connectivity index (χ4v) is 2.52. The van der Waals surface area contributed by atoms with Crippen molar-refractivity contribution in [1.82, 2.24) is 10.1 Å². The molecule has 0 saturated heterocycles. The summed E-state index contributed by atoms with van der Waals surface area (Å²) in [6.07, 6.45) is 0. The summed E-state index contributed by atoms with van der Waals surface area (Å²) in [4.78, 5) is 5.08. The van der Waals surface area contributed by atoms with Crippen molar-refractivity contribution in [1.29, 1.82) is 0 Å². The number of nitrogens with zero attached hydrogens (tertiary/aromatic N) is 2. The van der Waals surface area contributed by atoms with Crippen molar-refractivity contribution >= 4 is 17.4 Å². The quantitative estimate of drug-likeness (QED) is 0.587. The summed E-state index contributed by atoms with van der Waals surface area (Å²) in [6.45, 7) is 0. The first kappa shape index (κ1) is 13.6. The van der Waals surface area contributed by atoms with E-state index in [0.29, 0.717) is 17.5 Å². The van der Waals surface area contributed by atoms with Gasteiger partial charge >= 0.3 is 0 Å². The largest absolute Gasteiger partial charge is 0.396 e. The first-order chi connectivity index (χ1) is 10.2. The summed E-state index contributed by atoms with van der Waals surface area (Å²) in [5.41, 5.74) is 6.48. The Morgan fingerprint density at radius 1 is 1.14 bits per heavy atom. The van der Waals surface area contributed by atoms with E-state index < -0.39 is 5.82 Å². The lowest BCUT2D eigenvalue weighted by Crippen LogP contribution is -1.90. The number of hydrogen-bond donors (Lipinski definition) is 1. The predicted octanol–water partition coefficient (Wildman–Crippen LogP) is 3.75. The van der Waals surface area contributed by atoms with Crippen LogP contribution in [0.5, 0.6) is 0 Å². The van der Waals surface area contributed by atoms with Crippen molar-refractivity contribution in [2.75, 3.05) is 5.73 Å². The highest BCUT2D eigenvalue weighted by molar-refractivity contribution is 7.98. The highest BCUT2D eigenvalue weighted by Crippen LogP contribution is 2.25. The molecule has 21 heavy (non-hydrogen) atoms. The normalized spacial score (nSPS) is 10.7. The minimum atomic E-state index is -0.421. The van der Waals surface area contributed by atoms with Crippen LogP contribution in [0.2, 0.25) is 0 Å². The van der Waals surface area contributed by atoms with Gasteiger partial charge in [-0.2, -0.15) is 4.98 Å². The van der Waals surface area contributed by atoms with Crippen LogP contribution < -0.4 is 5.73 Å². The standard InChI is InChI=1S/C15H12FN3OS/c16-12-8-11(6-7-13(12)17)21-9-14-18-15(19-20-14)10-4-2-1-3-5-10/h1-8H,9,17H2. The average molecular weight is 301 g/mol. The molecule has 4 nitrogen and oxygen atoms in total. The van der Waals surface area contributed by atoms with Gasteiger partial charge in [0.1, 0.15) is 5.82 Å². The van der Waals surface area contributed by atoms with Gasteiger partial charge in [0.05, 0.1) is 11.4 Å². The summed E-state index contributed by atoms with van der Waals surface area (Å²) < 4.78 is 18.5. The molecule has 0 radical (unpaired) electrons. The van der Waals surface area contributed by atoms with E-state index in [2.05, 4.69) is 10.1 Å². The van der Waals surface area contributed by atoms with Gasteiger partial charge in [0, 0.05) is 10.5 Å². The topological polar surface area (TPSA) is 64.9 Å². The lowest BCUT2D eigenvalue weighted by Gasteiger charge is -2.00. The van der Waals surface area contributed by atoms with E-state index >= 15 is 0 Å². The van der Waals surface area contributed by atoms with Gasteiger partial charge in [-0.15, -0.1) is 11.8 Å². The molecule has 0 saturated carbocycles. The lowest BCUT2D eigenvalue weighted by atomic mass is 10.2. The maximum absolute atomic E-state index is 13.3. The first-order valence-electron chi connectivity index (χ1n) is 6.28. The molecule has 6 heteroatoms. The van der Waals surface area contributed by atoms with Crippen molar-refractivity contribution in [3.05, 3.63) is 60.2 Å². The number of halogens is 1. The van der Waals surface area contributed by atoms with Gasteiger partial charge in [-0.3, -0.25) is 0 Å². The number of nitrogen functional groups attached to an aromatic ring is 1. The minimum Gasteiger partial charge on any atom is -0.396 e. The number of hydrogen-bond acceptors (Lipinski definition) is 5. The van der Waals surface area contributed by atoms with E-state index in [0.717, 1.165) is 10.5 Å². The zero-order valence-corrected chi connectivity index (χ0v) is 11.8. The van der Waals surface area contributed by atoms with Gasteiger partial charge in [0.2, 0.25) is 11.7 Å². The van der Waals surface area contributed by atoms with Crippen molar-refractivity contribution in [2.24, 2.45) is 0 Å². The SMILES string of the molecule is Nc1ccc(SCc2nc(-c3ccccc3)no2)cc1F. The zero-order valence-electron chi connectivity index (χ0n) is 11.0. The average Bonchev–Trinajstić information content (AvgIpc) is 2.98. The van der Waals surface area contributed by atoms with E-state index in [1.165, 1.54) is 17.8 Å². The van der Waals surface area contributed by atoms with Crippen molar-refractivity contribution in [3.63, 3.8) is 0 Å². The molecule has 0 aliphatic rings. The van der Waals surface area contributed by atoms with E-state index in [1.54, 1.807) is 12.1 Å². The molecule has 0 aliphatic carbocycles. The molecule has 0 spiro atoms. The zero-order chi connectivity index (χ0) is 14.7. The van der Waals surface area contributed by atoms with Gasteiger partial charge < -0.3 is 10.3 Å². The Morgan fingerprint density at radius 2 is 1.95 bits per heavy atom. The van der Waals surface area contributed by atoms with Crippen molar-refractivity contribution in [2.45, 2.75) is 10.6 Å². The lowest BCUT2D eigenvalue weighted by molar-refractivity contribution is 0.391.